The lowest BCUT2D eigenvalue weighted by Crippen LogP contribution is -2.10. The lowest BCUT2D eigenvalue weighted by molar-refractivity contribution is 0.174. The minimum Gasteiger partial charge on any atom is -0.388 e. The summed E-state index contributed by atoms with van der Waals surface area (Å²) in [6.07, 6.45) is 1.42. The number of nitrogens with zero attached hydrogens (tertiary/aromatic N) is 4. The van der Waals surface area contributed by atoms with Crippen molar-refractivity contribution in [2.45, 2.75) is 39.8 Å². The van der Waals surface area contributed by atoms with Crippen LogP contribution in [-0.2, 0) is 13.0 Å². The fraction of sp³-hybridized carbons (Fsp3) is 0.462. The van der Waals surface area contributed by atoms with E-state index in [0.29, 0.717) is 6.42 Å². The molecule has 0 spiro atoms. The summed E-state index contributed by atoms with van der Waals surface area (Å²) in [5, 5.41) is 14.4. The Balaban J connectivity index is 2.19. The molecule has 0 aromatic carbocycles. The fourth-order valence-corrected chi connectivity index (χ4v) is 2.06. The second-order valence-corrected chi connectivity index (χ2v) is 4.40. The Kier molecular flexibility index (Phi) is 3.72. The van der Waals surface area contributed by atoms with Gasteiger partial charge in [0.1, 0.15) is 12.2 Å². The molecule has 0 aliphatic rings. The highest BCUT2D eigenvalue weighted by molar-refractivity contribution is 5.23. The second kappa shape index (κ2) is 5.27. The largest absolute Gasteiger partial charge is 0.388 e. The van der Waals surface area contributed by atoms with E-state index in [1.165, 1.54) is 6.33 Å². The van der Waals surface area contributed by atoms with Crippen LogP contribution in [0.3, 0.4) is 0 Å². The first-order chi connectivity index (χ1) is 8.60. The molecule has 0 fully saturated rings. The number of hydrogen-bond donors (Lipinski definition) is 1. The normalized spacial score (nSPS) is 12.7. The zero-order chi connectivity index (χ0) is 13.1. The van der Waals surface area contributed by atoms with E-state index < -0.39 is 6.10 Å². The molecule has 1 unspecified atom stereocenters. The van der Waals surface area contributed by atoms with Gasteiger partial charge in [-0.3, -0.25) is 9.67 Å². The van der Waals surface area contributed by atoms with E-state index in [1.54, 1.807) is 4.68 Å². The predicted octanol–water partition coefficient (Wildman–Crippen LogP) is 1.59. The van der Waals surface area contributed by atoms with E-state index in [9.17, 15) is 5.11 Å². The summed E-state index contributed by atoms with van der Waals surface area (Å²) in [5.74, 6) is 0.803. The van der Waals surface area contributed by atoms with Gasteiger partial charge >= 0.3 is 0 Å². The molecule has 5 heteroatoms. The first kappa shape index (κ1) is 12.7. The molecule has 0 aliphatic heterocycles. The summed E-state index contributed by atoms with van der Waals surface area (Å²) in [7, 11) is 0. The summed E-state index contributed by atoms with van der Waals surface area (Å²) in [5.41, 5.74) is 2.72. The zero-order valence-corrected chi connectivity index (χ0v) is 11.0. The minimum atomic E-state index is -0.570. The van der Waals surface area contributed by atoms with Crippen molar-refractivity contribution in [1.29, 1.82) is 0 Å². The molecule has 2 heterocycles. The third-order valence-electron chi connectivity index (χ3n) is 2.86. The van der Waals surface area contributed by atoms with Crippen LogP contribution in [0.2, 0.25) is 0 Å². The Morgan fingerprint density at radius 1 is 1.28 bits per heavy atom. The van der Waals surface area contributed by atoms with Crippen molar-refractivity contribution < 1.29 is 5.11 Å². The number of hydrogen-bond acceptors (Lipinski definition) is 4. The maximum absolute atomic E-state index is 10.3. The number of aromatic nitrogens is 4. The highest BCUT2D eigenvalue weighted by Gasteiger charge is 2.13. The molecule has 0 amide bonds. The smallest absolute Gasteiger partial charge is 0.138 e. The lowest BCUT2D eigenvalue weighted by atomic mass is 10.1. The summed E-state index contributed by atoms with van der Waals surface area (Å²) in [6, 6.07) is 3.81. The van der Waals surface area contributed by atoms with Crippen molar-refractivity contribution in [1.82, 2.24) is 19.7 Å². The summed E-state index contributed by atoms with van der Waals surface area (Å²) >= 11 is 0. The van der Waals surface area contributed by atoms with Gasteiger partial charge in [0.05, 0.1) is 6.10 Å². The van der Waals surface area contributed by atoms with E-state index in [-0.39, 0.29) is 0 Å². The van der Waals surface area contributed by atoms with Crippen LogP contribution in [0, 0.1) is 13.8 Å². The first-order valence-corrected chi connectivity index (χ1v) is 6.10. The van der Waals surface area contributed by atoms with Gasteiger partial charge in [-0.05, 0) is 38.5 Å². The van der Waals surface area contributed by atoms with Crippen LogP contribution >= 0.6 is 0 Å². The quantitative estimate of drug-likeness (QED) is 0.889. The van der Waals surface area contributed by atoms with Gasteiger partial charge in [-0.2, -0.15) is 5.10 Å². The predicted molar refractivity (Wildman–Crippen MR) is 68.1 cm³/mol. The molecular weight excluding hydrogens is 228 g/mol. The SMILES string of the molecule is CCn1ncnc1CC(O)c1cc(C)nc(C)c1. The molecule has 2 aromatic heterocycles. The number of pyridine rings is 1. The van der Waals surface area contributed by atoms with Crippen LogP contribution in [0.4, 0.5) is 0 Å². The van der Waals surface area contributed by atoms with E-state index >= 15 is 0 Å². The van der Waals surface area contributed by atoms with Gasteiger partial charge in [-0.1, -0.05) is 0 Å². The minimum absolute atomic E-state index is 0.469. The van der Waals surface area contributed by atoms with Gasteiger partial charge in [-0.25, -0.2) is 4.98 Å². The third-order valence-corrected chi connectivity index (χ3v) is 2.86. The summed E-state index contributed by atoms with van der Waals surface area (Å²) in [4.78, 5) is 8.48. The molecular formula is C13H18N4O. The molecule has 5 nitrogen and oxygen atoms in total. The van der Waals surface area contributed by atoms with Crippen molar-refractivity contribution in [3.05, 3.63) is 41.2 Å². The van der Waals surface area contributed by atoms with Crippen LogP contribution in [0.15, 0.2) is 18.5 Å². The van der Waals surface area contributed by atoms with Crippen molar-refractivity contribution in [3.63, 3.8) is 0 Å². The summed E-state index contributed by atoms with van der Waals surface area (Å²) < 4.78 is 1.80. The number of rotatable bonds is 4. The molecule has 1 atom stereocenters. The maximum Gasteiger partial charge on any atom is 0.138 e. The van der Waals surface area contributed by atoms with Crippen LogP contribution in [0.1, 0.15) is 35.8 Å². The van der Waals surface area contributed by atoms with Gasteiger partial charge in [0.25, 0.3) is 0 Å². The van der Waals surface area contributed by atoms with Crippen LogP contribution in [0.25, 0.3) is 0 Å². The van der Waals surface area contributed by atoms with Crippen molar-refractivity contribution >= 4 is 0 Å². The van der Waals surface area contributed by atoms with Crippen LogP contribution in [-0.4, -0.2) is 24.9 Å². The summed E-state index contributed by atoms with van der Waals surface area (Å²) in [6.45, 7) is 6.62. The molecule has 0 radical (unpaired) electrons. The zero-order valence-electron chi connectivity index (χ0n) is 11.0. The second-order valence-electron chi connectivity index (χ2n) is 4.40. The topological polar surface area (TPSA) is 63.8 Å². The van der Waals surface area contributed by atoms with Gasteiger partial charge in [-0.15, -0.1) is 0 Å². The van der Waals surface area contributed by atoms with E-state index in [2.05, 4.69) is 15.1 Å². The molecule has 0 saturated carbocycles. The van der Waals surface area contributed by atoms with Crippen molar-refractivity contribution in [2.24, 2.45) is 0 Å². The first-order valence-electron chi connectivity index (χ1n) is 6.10. The molecule has 0 saturated heterocycles. The average molecular weight is 246 g/mol. The standard InChI is InChI=1S/C13H18N4O/c1-4-17-13(14-8-15-17)7-12(18)11-5-9(2)16-10(3)6-11/h5-6,8,12,18H,4,7H2,1-3H3. The Morgan fingerprint density at radius 3 is 2.56 bits per heavy atom. The monoisotopic (exact) mass is 246 g/mol. The average Bonchev–Trinajstić information content (AvgIpc) is 2.75. The maximum atomic E-state index is 10.3. The van der Waals surface area contributed by atoms with Gasteiger partial charge in [0.15, 0.2) is 0 Å². The van der Waals surface area contributed by atoms with Crippen molar-refractivity contribution in [2.75, 3.05) is 0 Å². The van der Waals surface area contributed by atoms with Crippen LogP contribution in [0.5, 0.6) is 0 Å². The number of aryl methyl sites for hydroxylation is 3. The van der Waals surface area contributed by atoms with Gasteiger partial charge in [0, 0.05) is 24.4 Å². The molecule has 0 aliphatic carbocycles. The van der Waals surface area contributed by atoms with Gasteiger partial charge in [0.2, 0.25) is 0 Å². The highest BCUT2D eigenvalue weighted by Crippen LogP contribution is 2.18. The highest BCUT2D eigenvalue weighted by atomic mass is 16.3. The Labute approximate surface area is 107 Å². The van der Waals surface area contributed by atoms with Gasteiger partial charge < -0.3 is 5.11 Å². The number of aliphatic hydroxyl groups excluding tert-OH is 1. The van der Waals surface area contributed by atoms with E-state index in [0.717, 1.165) is 29.3 Å². The van der Waals surface area contributed by atoms with Crippen molar-refractivity contribution in [3.8, 4) is 0 Å². The number of aliphatic hydroxyl groups is 1. The lowest BCUT2D eigenvalue weighted by Gasteiger charge is -2.12. The van der Waals surface area contributed by atoms with E-state index in [1.807, 2.05) is 32.9 Å². The molecule has 0 bridgehead atoms. The molecule has 2 aromatic rings. The third kappa shape index (κ3) is 2.73. The Bertz CT molecular complexity index is 515. The Morgan fingerprint density at radius 2 is 1.94 bits per heavy atom. The molecule has 96 valence electrons. The Hall–Kier alpha value is -1.75. The van der Waals surface area contributed by atoms with E-state index in [4.69, 9.17) is 0 Å². The van der Waals surface area contributed by atoms with Crippen LogP contribution < -0.4 is 0 Å². The molecule has 18 heavy (non-hydrogen) atoms. The molecule has 1 N–H and O–H groups in total. The molecule has 2 rings (SSSR count). The fourth-order valence-electron chi connectivity index (χ4n) is 2.06.